The molecule has 1 fully saturated rings. The Morgan fingerprint density at radius 3 is 2.15 bits per heavy atom. The summed E-state index contributed by atoms with van der Waals surface area (Å²) in [6, 6.07) is 5.32. The quantitative estimate of drug-likeness (QED) is 0.455. The van der Waals surface area contributed by atoms with Gasteiger partial charge < -0.3 is 9.47 Å². The summed E-state index contributed by atoms with van der Waals surface area (Å²) in [5.41, 5.74) is -0.897. The maximum atomic E-state index is 12.4. The normalized spacial score (nSPS) is 23.2. The molecule has 0 aliphatic heterocycles. The van der Waals surface area contributed by atoms with E-state index in [0.29, 0.717) is 25.7 Å². The van der Waals surface area contributed by atoms with Crippen LogP contribution in [0, 0.1) is 15.5 Å². The summed E-state index contributed by atoms with van der Waals surface area (Å²) in [5, 5.41) is 10.7. The summed E-state index contributed by atoms with van der Waals surface area (Å²) in [6.45, 7) is 7.40. The molecule has 0 atom stereocenters. The Labute approximate surface area is 152 Å². The first-order valence-electron chi connectivity index (χ1n) is 8.69. The molecule has 0 heterocycles. The molecule has 0 radical (unpaired) electrons. The molecule has 0 aromatic heterocycles. The third-order valence-corrected chi connectivity index (χ3v) is 4.52. The molecule has 0 unspecified atom stereocenters. The van der Waals surface area contributed by atoms with Gasteiger partial charge in [-0.1, -0.05) is 0 Å². The first-order chi connectivity index (χ1) is 12.0. The van der Waals surface area contributed by atoms with Crippen LogP contribution in [0.1, 0.15) is 63.7 Å². The molecule has 1 saturated carbocycles. The Morgan fingerprint density at radius 2 is 1.69 bits per heavy atom. The van der Waals surface area contributed by atoms with Crippen molar-refractivity contribution in [3.05, 3.63) is 39.9 Å². The zero-order valence-electron chi connectivity index (χ0n) is 15.6. The first kappa shape index (κ1) is 19.9. The van der Waals surface area contributed by atoms with Gasteiger partial charge in [0.2, 0.25) is 0 Å². The average molecular weight is 363 g/mol. The van der Waals surface area contributed by atoms with Crippen LogP contribution < -0.4 is 0 Å². The summed E-state index contributed by atoms with van der Waals surface area (Å²) in [5.74, 6) is -0.726. The molecule has 0 saturated heterocycles. The van der Waals surface area contributed by atoms with Crippen LogP contribution in [0.2, 0.25) is 0 Å². The molecule has 7 heteroatoms. The topological polar surface area (TPSA) is 95.7 Å². The number of hydrogen-bond acceptors (Lipinski definition) is 6. The van der Waals surface area contributed by atoms with E-state index in [1.54, 1.807) is 0 Å². The lowest BCUT2D eigenvalue weighted by molar-refractivity contribution is -0.384. The number of nitro benzene ring substituents is 1. The predicted octanol–water partition coefficient (Wildman–Crippen LogP) is 4.04. The van der Waals surface area contributed by atoms with Gasteiger partial charge in [-0.15, -0.1) is 0 Å². The minimum Gasteiger partial charge on any atom is -0.460 e. The maximum absolute atomic E-state index is 12.4. The van der Waals surface area contributed by atoms with Crippen molar-refractivity contribution in [2.75, 3.05) is 0 Å². The van der Waals surface area contributed by atoms with E-state index in [1.165, 1.54) is 24.3 Å². The monoisotopic (exact) mass is 363 g/mol. The Bertz CT molecular complexity index is 681. The highest BCUT2D eigenvalue weighted by Crippen LogP contribution is 2.39. The van der Waals surface area contributed by atoms with Gasteiger partial charge in [0.15, 0.2) is 0 Å². The van der Waals surface area contributed by atoms with Crippen molar-refractivity contribution in [1.29, 1.82) is 0 Å². The minimum absolute atomic E-state index is 0.0765. The third-order valence-electron chi connectivity index (χ3n) is 4.52. The Balaban J connectivity index is 1.90. The highest BCUT2D eigenvalue weighted by molar-refractivity contribution is 5.89. The molecule has 0 spiro atoms. The standard InChI is InChI=1S/C19H25NO6/c1-18(2,3)26-17(22)19(4)11-9-15(10-12-19)25-16(21)13-5-7-14(8-6-13)20(23)24/h5-8,15H,9-12H2,1-4H3/t15-,19-. The zero-order chi connectivity index (χ0) is 19.5. The number of benzene rings is 1. The summed E-state index contributed by atoms with van der Waals surface area (Å²) in [6.07, 6.45) is 2.05. The Hall–Kier alpha value is -2.44. The van der Waals surface area contributed by atoms with Crippen molar-refractivity contribution >= 4 is 17.6 Å². The maximum Gasteiger partial charge on any atom is 0.338 e. The van der Waals surface area contributed by atoms with Crippen LogP contribution in [0.5, 0.6) is 0 Å². The van der Waals surface area contributed by atoms with Gasteiger partial charge in [0.1, 0.15) is 11.7 Å². The van der Waals surface area contributed by atoms with E-state index in [1.807, 2.05) is 27.7 Å². The van der Waals surface area contributed by atoms with Gasteiger partial charge in [0.05, 0.1) is 15.9 Å². The molecule has 26 heavy (non-hydrogen) atoms. The molecule has 1 aromatic rings. The fourth-order valence-corrected chi connectivity index (χ4v) is 2.89. The lowest BCUT2D eigenvalue weighted by Gasteiger charge is -2.36. The lowest BCUT2D eigenvalue weighted by Crippen LogP contribution is -2.40. The number of esters is 2. The van der Waals surface area contributed by atoms with Crippen LogP contribution in [-0.4, -0.2) is 28.6 Å². The van der Waals surface area contributed by atoms with E-state index in [9.17, 15) is 19.7 Å². The van der Waals surface area contributed by atoms with E-state index >= 15 is 0 Å². The van der Waals surface area contributed by atoms with Crippen molar-refractivity contribution < 1.29 is 24.0 Å². The van der Waals surface area contributed by atoms with E-state index in [4.69, 9.17) is 9.47 Å². The summed E-state index contributed by atoms with van der Waals surface area (Å²) >= 11 is 0. The highest BCUT2D eigenvalue weighted by atomic mass is 16.6. The fraction of sp³-hybridized carbons (Fsp3) is 0.579. The number of ether oxygens (including phenoxy) is 2. The van der Waals surface area contributed by atoms with Gasteiger partial charge in [-0.2, -0.15) is 0 Å². The molecule has 7 nitrogen and oxygen atoms in total. The number of carbonyl (C=O) groups excluding carboxylic acids is 2. The van der Waals surface area contributed by atoms with Gasteiger partial charge in [0, 0.05) is 12.1 Å². The van der Waals surface area contributed by atoms with E-state index in [2.05, 4.69) is 0 Å². The Kier molecular flexibility index (Phi) is 5.68. The van der Waals surface area contributed by atoms with Gasteiger partial charge in [0.25, 0.3) is 5.69 Å². The average Bonchev–Trinajstić information content (AvgIpc) is 2.55. The largest absolute Gasteiger partial charge is 0.460 e. The van der Waals surface area contributed by atoms with Crippen molar-refractivity contribution in [2.24, 2.45) is 5.41 Å². The second-order valence-corrected chi connectivity index (χ2v) is 7.97. The van der Waals surface area contributed by atoms with Crippen LogP contribution in [0.25, 0.3) is 0 Å². The molecular weight excluding hydrogens is 338 g/mol. The van der Waals surface area contributed by atoms with Crippen LogP contribution in [0.4, 0.5) is 5.69 Å². The molecular formula is C19H25NO6. The predicted molar refractivity (Wildman–Crippen MR) is 94.7 cm³/mol. The first-order valence-corrected chi connectivity index (χ1v) is 8.69. The van der Waals surface area contributed by atoms with Crippen molar-refractivity contribution in [2.45, 2.75) is 65.1 Å². The van der Waals surface area contributed by atoms with E-state index < -0.39 is 21.9 Å². The number of rotatable bonds is 4. The number of carbonyl (C=O) groups is 2. The smallest absolute Gasteiger partial charge is 0.338 e. The zero-order valence-corrected chi connectivity index (χ0v) is 15.6. The minimum atomic E-state index is -0.566. The van der Waals surface area contributed by atoms with Crippen LogP contribution >= 0.6 is 0 Å². The molecule has 0 N–H and O–H groups in total. The SMILES string of the molecule is CC(C)(C)OC(=O)[C@]1(C)CC[C@@H](OC(=O)c2ccc([N+](=O)[O-])cc2)CC1. The number of nitro groups is 1. The van der Waals surface area contributed by atoms with Crippen LogP contribution in [0.15, 0.2) is 24.3 Å². The summed E-state index contributed by atoms with van der Waals surface area (Å²) < 4.78 is 11.0. The van der Waals surface area contributed by atoms with Gasteiger partial charge in [-0.3, -0.25) is 14.9 Å². The lowest BCUT2D eigenvalue weighted by atomic mass is 9.74. The van der Waals surface area contributed by atoms with Crippen molar-refractivity contribution in [3.8, 4) is 0 Å². The molecule has 1 aliphatic carbocycles. The molecule has 0 amide bonds. The number of hydrogen-bond donors (Lipinski definition) is 0. The number of nitrogens with zero attached hydrogens (tertiary/aromatic N) is 1. The van der Waals surface area contributed by atoms with Crippen LogP contribution in [-0.2, 0) is 14.3 Å². The summed E-state index contributed by atoms with van der Waals surface area (Å²) in [4.78, 5) is 34.7. The van der Waals surface area contributed by atoms with E-state index in [0.717, 1.165) is 0 Å². The second kappa shape index (κ2) is 7.43. The molecule has 142 valence electrons. The molecule has 0 bridgehead atoms. The third kappa shape index (κ3) is 5.03. The van der Waals surface area contributed by atoms with Crippen molar-refractivity contribution in [1.82, 2.24) is 0 Å². The molecule has 2 rings (SSSR count). The summed E-state index contributed by atoms with van der Waals surface area (Å²) in [7, 11) is 0. The second-order valence-electron chi connectivity index (χ2n) is 7.97. The van der Waals surface area contributed by atoms with Crippen molar-refractivity contribution in [3.63, 3.8) is 0 Å². The van der Waals surface area contributed by atoms with Gasteiger partial charge in [-0.05, 0) is 65.5 Å². The van der Waals surface area contributed by atoms with Gasteiger partial charge >= 0.3 is 11.9 Å². The highest BCUT2D eigenvalue weighted by Gasteiger charge is 2.41. The molecule has 1 aromatic carbocycles. The fourth-order valence-electron chi connectivity index (χ4n) is 2.89. The molecule has 1 aliphatic rings. The number of non-ortho nitro benzene ring substituents is 1. The van der Waals surface area contributed by atoms with Crippen LogP contribution in [0.3, 0.4) is 0 Å². The van der Waals surface area contributed by atoms with E-state index in [-0.39, 0.29) is 23.3 Å². The van der Waals surface area contributed by atoms with Gasteiger partial charge in [-0.25, -0.2) is 4.79 Å². The Morgan fingerprint density at radius 1 is 1.15 bits per heavy atom.